The first-order valence-electron chi connectivity index (χ1n) is 5.44. The Bertz CT molecular complexity index is 540. The van der Waals surface area contributed by atoms with Crippen LogP contribution in [0.25, 0.3) is 0 Å². The largest absolute Gasteiger partial charge is 0.394 e. The van der Waals surface area contributed by atoms with Crippen LogP contribution in [0.3, 0.4) is 0 Å². The van der Waals surface area contributed by atoms with E-state index in [1.54, 1.807) is 0 Å². The molecule has 1 saturated heterocycles. The Morgan fingerprint density at radius 1 is 1.56 bits per heavy atom. The summed E-state index contributed by atoms with van der Waals surface area (Å²) in [6.07, 6.45) is 0.304. The van der Waals surface area contributed by atoms with Gasteiger partial charge in [0.15, 0.2) is 0 Å². The quantitative estimate of drug-likeness (QED) is 0.572. The van der Waals surface area contributed by atoms with Gasteiger partial charge < -0.3 is 14.9 Å². The molecule has 1 aromatic rings. The first-order chi connectivity index (χ1) is 8.52. The van der Waals surface area contributed by atoms with Crippen LogP contribution in [0, 0.1) is 3.57 Å². The molecule has 0 aliphatic carbocycles. The van der Waals surface area contributed by atoms with Crippen LogP contribution < -0.4 is 11.2 Å². The predicted molar refractivity (Wildman–Crippen MR) is 70.5 cm³/mol. The summed E-state index contributed by atoms with van der Waals surface area (Å²) in [7, 11) is 0. The lowest BCUT2D eigenvalue weighted by atomic mass is 10.0. The third kappa shape index (κ3) is 2.66. The minimum absolute atomic E-state index is 0.213. The number of aromatic amines is 1. The lowest BCUT2D eigenvalue weighted by molar-refractivity contribution is -0.113. The number of aliphatic hydroxyl groups is 2. The van der Waals surface area contributed by atoms with Gasteiger partial charge in [-0.25, -0.2) is 4.79 Å². The molecule has 3 atom stereocenters. The van der Waals surface area contributed by atoms with Crippen molar-refractivity contribution in [1.82, 2.24) is 9.55 Å². The third-order valence-electron chi connectivity index (χ3n) is 2.94. The van der Waals surface area contributed by atoms with E-state index in [1.807, 2.05) is 22.6 Å². The number of nitrogens with zero attached hydrogens (tertiary/aromatic N) is 1. The van der Waals surface area contributed by atoms with Gasteiger partial charge in [0.25, 0.3) is 5.56 Å². The number of ether oxygens (including phenoxy) is 1. The maximum absolute atomic E-state index is 11.7. The number of hydrogen-bond acceptors (Lipinski definition) is 5. The molecule has 18 heavy (non-hydrogen) atoms. The van der Waals surface area contributed by atoms with Crippen molar-refractivity contribution in [2.45, 2.75) is 24.7 Å². The predicted octanol–water partition coefficient (Wildman–Crippen LogP) is -1.18. The maximum atomic E-state index is 11.7. The second kappa shape index (κ2) is 5.51. The van der Waals surface area contributed by atoms with Crippen LogP contribution in [0.2, 0.25) is 0 Å². The topological polar surface area (TPSA) is 105 Å². The second-order valence-corrected chi connectivity index (χ2v) is 5.32. The van der Waals surface area contributed by atoms with Crippen molar-refractivity contribution in [2.75, 3.05) is 13.2 Å². The Labute approximate surface area is 116 Å². The smallest absolute Gasteiger partial charge is 0.328 e. The molecule has 0 radical (unpaired) electrons. The summed E-state index contributed by atoms with van der Waals surface area (Å²) in [5.41, 5.74) is -0.953. The Morgan fingerprint density at radius 3 is 2.89 bits per heavy atom. The van der Waals surface area contributed by atoms with E-state index in [2.05, 4.69) is 4.98 Å². The van der Waals surface area contributed by atoms with Gasteiger partial charge in [-0.2, -0.15) is 0 Å². The normalized spacial score (nSPS) is 28.3. The van der Waals surface area contributed by atoms with Crippen LogP contribution in [-0.2, 0) is 4.74 Å². The summed E-state index contributed by atoms with van der Waals surface area (Å²) in [5.74, 6) is 0. The van der Waals surface area contributed by atoms with Crippen molar-refractivity contribution >= 4 is 22.6 Å². The number of rotatable bonds is 2. The van der Waals surface area contributed by atoms with Gasteiger partial charge in [0.1, 0.15) is 6.10 Å². The average molecular weight is 366 g/mol. The van der Waals surface area contributed by atoms with E-state index >= 15 is 0 Å². The van der Waals surface area contributed by atoms with Gasteiger partial charge in [0.2, 0.25) is 0 Å². The summed E-state index contributed by atoms with van der Waals surface area (Å²) in [4.78, 5) is 25.1. The lowest BCUT2D eigenvalue weighted by Gasteiger charge is -2.33. The number of H-pyrrole nitrogens is 1. The zero-order valence-corrected chi connectivity index (χ0v) is 11.5. The van der Waals surface area contributed by atoms with Crippen LogP contribution in [0.5, 0.6) is 0 Å². The second-order valence-electron chi connectivity index (χ2n) is 4.15. The van der Waals surface area contributed by atoms with E-state index < -0.39 is 23.5 Å². The van der Waals surface area contributed by atoms with Gasteiger partial charge in [-0.3, -0.25) is 14.3 Å². The van der Waals surface area contributed by atoms with Crippen LogP contribution in [0.15, 0.2) is 15.8 Å². The number of nitrogens with one attached hydrogen (secondary N) is 1. The molecule has 0 aromatic carbocycles. The molecule has 7 nitrogen and oxygen atoms in total. The molecule has 0 spiro atoms. The fourth-order valence-corrected chi connectivity index (χ4v) is 2.38. The molecule has 100 valence electrons. The van der Waals surface area contributed by atoms with Crippen molar-refractivity contribution < 1.29 is 14.9 Å². The fraction of sp³-hybridized carbons (Fsp3) is 0.600. The van der Waals surface area contributed by atoms with Crippen molar-refractivity contribution in [3.8, 4) is 0 Å². The van der Waals surface area contributed by atoms with Gasteiger partial charge in [0, 0.05) is 6.20 Å². The van der Waals surface area contributed by atoms with Gasteiger partial charge in [0.05, 0.1) is 28.9 Å². The van der Waals surface area contributed by atoms with Gasteiger partial charge in [-0.15, -0.1) is 0 Å². The highest BCUT2D eigenvalue weighted by Crippen LogP contribution is 2.22. The maximum Gasteiger partial charge on any atom is 0.328 e. The van der Waals surface area contributed by atoms with Crippen LogP contribution >= 0.6 is 22.6 Å². The molecular weight excluding hydrogens is 353 g/mol. The van der Waals surface area contributed by atoms with Crippen molar-refractivity contribution in [3.63, 3.8) is 0 Å². The van der Waals surface area contributed by atoms with Crippen LogP contribution in [-0.4, -0.2) is 45.2 Å². The Kier molecular flexibility index (Phi) is 4.20. The first-order valence-corrected chi connectivity index (χ1v) is 6.52. The molecule has 0 unspecified atom stereocenters. The molecular formula is C10H13IN2O5. The van der Waals surface area contributed by atoms with E-state index in [-0.39, 0.29) is 19.3 Å². The molecule has 1 aromatic heterocycles. The van der Waals surface area contributed by atoms with Gasteiger partial charge in [-0.1, -0.05) is 0 Å². The van der Waals surface area contributed by atoms with E-state index in [9.17, 15) is 14.7 Å². The molecule has 0 saturated carbocycles. The Hall–Kier alpha value is -0.710. The molecule has 0 amide bonds. The van der Waals surface area contributed by atoms with Crippen molar-refractivity contribution in [2.24, 2.45) is 0 Å². The summed E-state index contributed by atoms with van der Waals surface area (Å²) in [6, 6.07) is -0.347. The monoisotopic (exact) mass is 366 g/mol. The van der Waals surface area contributed by atoms with E-state index in [0.717, 1.165) is 0 Å². The third-order valence-corrected chi connectivity index (χ3v) is 3.71. The Morgan fingerprint density at radius 2 is 2.28 bits per heavy atom. The number of hydrogen-bond donors (Lipinski definition) is 3. The number of aromatic nitrogens is 2. The zero-order valence-electron chi connectivity index (χ0n) is 9.38. The molecule has 8 heteroatoms. The molecule has 1 aliphatic heterocycles. The molecule has 2 heterocycles. The lowest BCUT2D eigenvalue weighted by Crippen LogP contribution is -2.44. The standard InChI is InChI=1S/C10H13IN2O5/c11-6-2-13(10(17)12-9(6)16)5-1-7(15)8(3-14)18-4-5/h2,5,7-8,14-15H,1,3-4H2,(H,12,16,17)/t5-,7-,8+/m0/s1/i11-2. The first kappa shape index (κ1) is 13.7. The fourth-order valence-electron chi connectivity index (χ4n) is 1.94. The van der Waals surface area contributed by atoms with E-state index in [4.69, 9.17) is 9.84 Å². The number of aliphatic hydroxyl groups excluding tert-OH is 2. The van der Waals surface area contributed by atoms with Crippen molar-refractivity contribution in [1.29, 1.82) is 0 Å². The minimum atomic E-state index is -0.828. The molecule has 2 rings (SSSR count). The van der Waals surface area contributed by atoms with E-state index in [1.165, 1.54) is 10.8 Å². The SMILES string of the molecule is O=c1[nH]c(=O)n([C@@H]2CO[C@H](CO)[C@@H](O)C2)cc1[125I]. The summed E-state index contributed by atoms with van der Waals surface area (Å²) >= 11 is 1.83. The summed E-state index contributed by atoms with van der Waals surface area (Å²) in [5, 5.41) is 18.7. The summed E-state index contributed by atoms with van der Waals surface area (Å²) < 4.78 is 7.02. The highest BCUT2D eigenvalue weighted by molar-refractivity contribution is 14.1. The molecule has 0 bridgehead atoms. The average Bonchev–Trinajstić information content (AvgIpc) is 2.33. The summed E-state index contributed by atoms with van der Waals surface area (Å²) in [6.45, 7) is -0.0454. The van der Waals surface area contributed by atoms with Gasteiger partial charge >= 0.3 is 5.69 Å². The molecule has 3 N–H and O–H groups in total. The molecule has 1 fully saturated rings. The van der Waals surface area contributed by atoms with E-state index in [0.29, 0.717) is 9.99 Å². The minimum Gasteiger partial charge on any atom is -0.394 e. The van der Waals surface area contributed by atoms with Gasteiger partial charge in [-0.05, 0) is 29.0 Å². The van der Waals surface area contributed by atoms with Crippen LogP contribution in [0.4, 0.5) is 0 Å². The highest BCUT2D eigenvalue weighted by atomic mass is 125. The Balaban J connectivity index is 2.26. The zero-order chi connectivity index (χ0) is 13.3. The molecule has 1 aliphatic rings. The van der Waals surface area contributed by atoms with Crippen LogP contribution in [0.1, 0.15) is 12.5 Å². The highest BCUT2D eigenvalue weighted by Gasteiger charge is 2.30. The number of halogens is 1. The van der Waals surface area contributed by atoms with Crippen molar-refractivity contribution in [3.05, 3.63) is 30.6 Å².